The molecule has 7 heteroatoms. The van der Waals surface area contributed by atoms with Crippen molar-refractivity contribution in [1.82, 2.24) is 34.9 Å². The standard InChI is InChI=1S/C17H15N7/c1-2-4-13(5-3-1)6-7-15-21-17(23-22-15)14-8-9-18-16(10-14)24-11-19-20-12-24/h1-5,8-12H,6-7H2,(H,21,22,23). The van der Waals surface area contributed by atoms with E-state index < -0.39 is 0 Å². The zero-order valence-corrected chi connectivity index (χ0v) is 12.9. The minimum atomic E-state index is 0.662. The lowest BCUT2D eigenvalue weighted by Crippen LogP contribution is -1.95. The van der Waals surface area contributed by atoms with E-state index in [-0.39, 0.29) is 0 Å². The van der Waals surface area contributed by atoms with E-state index in [4.69, 9.17) is 0 Å². The third-order valence-electron chi connectivity index (χ3n) is 3.71. The lowest BCUT2D eigenvalue weighted by atomic mass is 10.1. The smallest absolute Gasteiger partial charge is 0.181 e. The van der Waals surface area contributed by atoms with E-state index in [0.717, 1.165) is 30.0 Å². The molecule has 0 amide bonds. The number of rotatable bonds is 5. The summed E-state index contributed by atoms with van der Waals surface area (Å²) in [4.78, 5) is 8.89. The van der Waals surface area contributed by atoms with E-state index in [9.17, 15) is 0 Å². The molecule has 0 bridgehead atoms. The van der Waals surface area contributed by atoms with Crippen LogP contribution in [0.15, 0.2) is 61.3 Å². The number of nitrogens with one attached hydrogen (secondary N) is 1. The van der Waals surface area contributed by atoms with Crippen LogP contribution in [-0.2, 0) is 12.8 Å². The molecular weight excluding hydrogens is 302 g/mol. The van der Waals surface area contributed by atoms with Crippen LogP contribution in [0.1, 0.15) is 11.4 Å². The number of pyridine rings is 1. The summed E-state index contributed by atoms with van der Waals surface area (Å²) in [7, 11) is 0. The molecule has 0 aliphatic carbocycles. The van der Waals surface area contributed by atoms with Crippen molar-refractivity contribution in [2.45, 2.75) is 12.8 Å². The van der Waals surface area contributed by atoms with Crippen molar-refractivity contribution in [3.63, 3.8) is 0 Å². The van der Waals surface area contributed by atoms with Crippen molar-refractivity contribution in [3.8, 4) is 17.2 Å². The molecule has 0 saturated heterocycles. The minimum absolute atomic E-state index is 0.662. The first kappa shape index (κ1) is 14.3. The summed E-state index contributed by atoms with van der Waals surface area (Å²) in [5.74, 6) is 2.26. The number of aromatic amines is 1. The fraction of sp³-hybridized carbons (Fsp3) is 0.118. The predicted molar refractivity (Wildman–Crippen MR) is 88.4 cm³/mol. The molecule has 3 heterocycles. The van der Waals surface area contributed by atoms with Gasteiger partial charge in [0.25, 0.3) is 0 Å². The van der Waals surface area contributed by atoms with Gasteiger partial charge in [-0.05, 0) is 24.1 Å². The predicted octanol–water partition coefficient (Wildman–Crippen LogP) is 2.23. The van der Waals surface area contributed by atoms with Gasteiger partial charge >= 0.3 is 0 Å². The number of nitrogens with zero attached hydrogens (tertiary/aromatic N) is 6. The summed E-state index contributed by atoms with van der Waals surface area (Å²) >= 11 is 0. The zero-order valence-electron chi connectivity index (χ0n) is 12.9. The third kappa shape index (κ3) is 3.05. The molecule has 0 fully saturated rings. The number of H-pyrrole nitrogens is 1. The fourth-order valence-corrected chi connectivity index (χ4v) is 2.46. The lowest BCUT2D eigenvalue weighted by molar-refractivity contribution is 0.865. The van der Waals surface area contributed by atoms with Crippen LogP contribution >= 0.6 is 0 Å². The highest BCUT2D eigenvalue weighted by Gasteiger charge is 2.08. The van der Waals surface area contributed by atoms with Gasteiger partial charge in [-0.3, -0.25) is 9.67 Å². The molecule has 4 rings (SSSR count). The maximum absolute atomic E-state index is 4.58. The molecule has 118 valence electrons. The quantitative estimate of drug-likeness (QED) is 0.610. The van der Waals surface area contributed by atoms with Crippen LogP contribution in [0.2, 0.25) is 0 Å². The molecule has 0 unspecified atom stereocenters. The molecule has 1 aromatic carbocycles. The monoisotopic (exact) mass is 317 g/mol. The largest absolute Gasteiger partial charge is 0.272 e. The summed E-state index contributed by atoms with van der Waals surface area (Å²) in [5, 5.41) is 14.9. The van der Waals surface area contributed by atoms with E-state index in [1.807, 2.05) is 30.3 Å². The maximum atomic E-state index is 4.58. The fourth-order valence-electron chi connectivity index (χ4n) is 2.46. The highest BCUT2D eigenvalue weighted by molar-refractivity contribution is 5.56. The Balaban J connectivity index is 1.51. The van der Waals surface area contributed by atoms with E-state index >= 15 is 0 Å². The first-order valence-electron chi connectivity index (χ1n) is 7.65. The summed E-state index contributed by atoms with van der Waals surface area (Å²) in [5.41, 5.74) is 2.19. The Kier molecular flexibility index (Phi) is 3.81. The second-order valence-corrected chi connectivity index (χ2v) is 5.36. The van der Waals surface area contributed by atoms with Crippen molar-refractivity contribution in [1.29, 1.82) is 0 Å². The molecule has 0 saturated carbocycles. The van der Waals surface area contributed by atoms with Crippen LogP contribution in [0.4, 0.5) is 0 Å². The number of hydrogen-bond donors (Lipinski definition) is 1. The zero-order chi connectivity index (χ0) is 16.2. The van der Waals surface area contributed by atoms with Crippen LogP contribution in [0, 0.1) is 0 Å². The Hall–Kier alpha value is -3.35. The van der Waals surface area contributed by atoms with Gasteiger partial charge in [-0.15, -0.1) is 10.2 Å². The average Bonchev–Trinajstić information content (AvgIpc) is 3.33. The Morgan fingerprint density at radius 2 is 1.79 bits per heavy atom. The second-order valence-electron chi connectivity index (χ2n) is 5.36. The molecule has 0 spiro atoms. The Morgan fingerprint density at radius 3 is 2.62 bits per heavy atom. The van der Waals surface area contributed by atoms with Gasteiger partial charge in [-0.1, -0.05) is 30.3 Å². The number of aryl methyl sites for hydroxylation is 2. The minimum Gasteiger partial charge on any atom is -0.272 e. The maximum Gasteiger partial charge on any atom is 0.181 e. The van der Waals surface area contributed by atoms with E-state index in [0.29, 0.717) is 5.82 Å². The van der Waals surface area contributed by atoms with Crippen molar-refractivity contribution in [3.05, 3.63) is 72.7 Å². The number of benzene rings is 1. The molecule has 1 N–H and O–H groups in total. The van der Waals surface area contributed by atoms with Crippen LogP contribution in [0.5, 0.6) is 0 Å². The van der Waals surface area contributed by atoms with Crippen LogP contribution < -0.4 is 0 Å². The van der Waals surface area contributed by atoms with Gasteiger partial charge < -0.3 is 0 Å². The SMILES string of the molecule is c1ccc(CCc2nc(-c3ccnc(-n4cnnc4)c3)n[nH]2)cc1. The molecule has 0 radical (unpaired) electrons. The molecular formula is C17H15N7. The molecule has 0 aliphatic heterocycles. The summed E-state index contributed by atoms with van der Waals surface area (Å²) in [6.07, 6.45) is 6.69. The van der Waals surface area contributed by atoms with Gasteiger partial charge in [0.05, 0.1) is 0 Å². The highest BCUT2D eigenvalue weighted by atomic mass is 15.3. The molecule has 24 heavy (non-hydrogen) atoms. The third-order valence-corrected chi connectivity index (χ3v) is 3.71. The first-order chi connectivity index (χ1) is 11.9. The van der Waals surface area contributed by atoms with Crippen molar-refractivity contribution < 1.29 is 0 Å². The lowest BCUT2D eigenvalue weighted by Gasteiger charge is -2.01. The Morgan fingerprint density at radius 1 is 0.958 bits per heavy atom. The highest BCUT2D eigenvalue weighted by Crippen LogP contribution is 2.17. The second kappa shape index (κ2) is 6.41. The van der Waals surface area contributed by atoms with E-state index in [2.05, 4.69) is 42.5 Å². The van der Waals surface area contributed by atoms with Gasteiger partial charge in [0, 0.05) is 18.2 Å². The van der Waals surface area contributed by atoms with Gasteiger partial charge in [0.1, 0.15) is 24.3 Å². The number of aromatic nitrogens is 7. The van der Waals surface area contributed by atoms with Crippen LogP contribution in [-0.4, -0.2) is 34.9 Å². The molecule has 7 nitrogen and oxygen atoms in total. The molecule has 0 atom stereocenters. The Labute approximate surface area is 138 Å². The molecule has 3 aromatic heterocycles. The van der Waals surface area contributed by atoms with E-state index in [1.54, 1.807) is 23.4 Å². The van der Waals surface area contributed by atoms with Gasteiger partial charge in [-0.2, -0.15) is 5.10 Å². The first-order valence-corrected chi connectivity index (χ1v) is 7.65. The van der Waals surface area contributed by atoms with Crippen molar-refractivity contribution in [2.24, 2.45) is 0 Å². The van der Waals surface area contributed by atoms with Crippen LogP contribution in [0.3, 0.4) is 0 Å². The summed E-state index contributed by atoms with van der Waals surface area (Å²) in [6.45, 7) is 0. The molecule has 4 aromatic rings. The average molecular weight is 317 g/mol. The Bertz CT molecular complexity index is 913. The van der Waals surface area contributed by atoms with Gasteiger partial charge in [0.2, 0.25) is 0 Å². The molecule has 0 aliphatic rings. The normalized spacial score (nSPS) is 10.8. The van der Waals surface area contributed by atoms with Crippen molar-refractivity contribution >= 4 is 0 Å². The summed E-state index contributed by atoms with van der Waals surface area (Å²) in [6, 6.07) is 14.1. The van der Waals surface area contributed by atoms with E-state index in [1.165, 1.54) is 5.56 Å². The van der Waals surface area contributed by atoms with Gasteiger partial charge in [-0.25, -0.2) is 9.97 Å². The summed E-state index contributed by atoms with van der Waals surface area (Å²) < 4.78 is 1.74. The van der Waals surface area contributed by atoms with Crippen LogP contribution in [0.25, 0.3) is 17.2 Å². The van der Waals surface area contributed by atoms with Gasteiger partial charge in [0.15, 0.2) is 5.82 Å². The number of hydrogen-bond acceptors (Lipinski definition) is 5. The topological polar surface area (TPSA) is 85.2 Å². The van der Waals surface area contributed by atoms with Crippen molar-refractivity contribution in [2.75, 3.05) is 0 Å².